The minimum atomic E-state index is -0.793. The molecule has 2 atom stereocenters. The number of carbonyl (C=O) groups excluding carboxylic acids is 1. The van der Waals surface area contributed by atoms with Gasteiger partial charge in [-0.05, 0) is 19.3 Å². The maximum absolute atomic E-state index is 11.6. The first-order valence-corrected chi connectivity index (χ1v) is 5.11. The van der Waals surface area contributed by atoms with Gasteiger partial charge in [-0.15, -0.1) is 0 Å². The summed E-state index contributed by atoms with van der Waals surface area (Å²) in [7, 11) is 0. The van der Waals surface area contributed by atoms with Gasteiger partial charge in [0.05, 0.1) is 5.92 Å². The molecule has 0 bridgehead atoms. The van der Waals surface area contributed by atoms with Gasteiger partial charge in [-0.1, -0.05) is 5.16 Å². The first-order valence-electron chi connectivity index (χ1n) is 5.11. The van der Waals surface area contributed by atoms with Crippen molar-refractivity contribution in [3.05, 3.63) is 18.0 Å². The zero-order valence-corrected chi connectivity index (χ0v) is 8.55. The molecule has 0 aliphatic heterocycles. The van der Waals surface area contributed by atoms with Gasteiger partial charge < -0.3 is 14.9 Å². The average molecular weight is 224 g/mol. The minimum absolute atomic E-state index is 0.0784. The van der Waals surface area contributed by atoms with Crippen molar-refractivity contribution >= 4 is 11.9 Å². The van der Waals surface area contributed by atoms with E-state index in [1.165, 1.54) is 12.3 Å². The third-order valence-corrected chi connectivity index (χ3v) is 2.79. The van der Waals surface area contributed by atoms with Crippen molar-refractivity contribution in [1.29, 1.82) is 0 Å². The molecule has 6 nitrogen and oxygen atoms in total. The summed E-state index contributed by atoms with van der Waals surface area (Å²) in [5, 5.41) is 15.1. The van der Waals surface area contributed by atoms with Crippen LogP contribution in [0.1, 0.15) is 29.8 Å². The van der Waals surface area contributed by atoms with Crippen LogP contribution in [0.2, 0.25) is 0 Å². The molecule has 0 aromatic carbocycles. The van der Waals surface area contributed by atoms with E-state index in [1.807, 2.05) is 0 Å². The molecule has 2 rings (SSSR count). The Labute approximate surface area is 91.6 Å². The number of carboxylic acids is 1. The van der Waals surface area contributed by atoms with Gasteiger partial charge in [0.1, 0.15) is 6.26 Å². The van der Waals surface area contributed by atoms with E-state index in [-0.39, 0.29) is 23.6 Å². The normalized spacial score (nSPS) is 24.2. The highest BCUT2D eigenvalue weighted by Gasteiger charge is 2.30. The molecule has 1 fully saturated rings. The zero-order valence-electron chi connectivity index (χ0n) is 8.55. The molecule has 2 N–H and O–H groups in total. The summed E-state index contributed by atoms with van der Waals surface area (Å²) in [4.78, 5) is 22.3. The number of carbonyl (C=O) groups is 2. The van der Waals surface area contributed by atoms with Gasteiger partial charge in [-0.25, -0.2) is 0 Å². The molecular formula is C10H12N2O4. The zero-order chi connectivity index (χ0) is 11.5. The van der Waals surface area contributed by atoms with Crippen molar-refractivity contribution in [2.45, 2.75) is 25.3 Å². The fraction of sp³-hybridized carbons (Fsp3) is 0.500. The smallest absolute Gasteiger partial charge is 0.306 e. The lowest BCUT2D eigenvalue weighted by molar-refractivity contribution is -0.141. The highest BCUT2D eigenvalue weighted by molar-refractivity contribution is 5.92. The molecule has 1 aliphatic carbocycles. The number of aliphatic carboxylic acids is 1. The highest BCUT2D eigenvalue weighted by Crippen LogP contribution is 2.25. The molecule has 1 saturated carbocycles. The molecule has 1 aliphatic rings. The van der Waals surface area contributed by atoms with Crippen LogP contribution in [0.4, 0.5) is 0 Å². The van der Waals surface area contributed by atoms with E-state index >= 15 is 0 Å². The second kappa shape index (κ2) is 4.34. The molecule has 86 valence electrons. The molecule has 16 heavy (non-hydrogen) atoms. The van der Waals surface area contributed by atoms with Crippen LogP contribution in [-0.2, 0) is 4.79 Å². The lowest BCUT2D eigenvalue weighted by atomic mass is 10.1. The van der Waals surface area contributed by atoms with Gasteiger partial charge in [0.25, 0.3) is 5.91 Å². The lowest BCUT2D eigenvalue weighted by Gasteiger charge is -2.10. The highest BCUT2D eigenvalue weighted by atomic mass is 16.5. The standard InChI is InChI=1S/C10H12N2O4/c13-9(8-3-4-16-12-8)11-7-2-1-6(5-7)10(14)15/h3-4,6-7H,1-2,5H2,(H,11,13)(H,14,15). The molecule has 1 aromatic heterocycles. The Morgan fingerprint density at radius 1 is 1.50 bits per heavy atom. The summed E-state index contributed by atoms with van der Waals surface area (Å²) >= 11 is 0. The Kier molecular flexibility index (Phi) is 2.89. The Morgan fingerprint density at radius 3 is 2.88 bits per heavy atom. The maximum Gasteiger partial charge on any atom is 0.306 e. The van der Waals surface area contributed by atoms with Crippen LogP contribution >= 0.6 is 0 Å². The van der Waals surface area contributed by atoms with E-state index in [0.29, 0.717) is 19.3 Å². The molecule has 1 amide bonds. The van der Waals surface area contributed by atoms with Gasteiger partial charge in [-0.3, -0.25) is 9.59 Å². The van der Waals surface area contributed by atoms with Crippen LogP contribution in [0.5, 0.6) is 0 Å². The van der Waals surface area contributed by atoms with Crippen molar-refractivity contribution in [1.82, 2.24) is 10.5 Å². The number of nitrogens with zero attached hydrogens (tertiary/aromatic N) is 1. The fourth-order valence-corrected chi connectivity index (χ4v) is 1.93. The van der Waals surface area contributed by atoms with Crippen LogP contribution in [0.3, 0.4) is 0 Å². The first kappa shape index (κ1) is 10.7. The van der Waals surface area contributed by atoms with Crippen molar-refractivity contribution in [2.75, 3.05) is 0 Å². The predicted octanol–water partition coefficient (Wildman–Crippen LogP) is 0.658. The van der Waals surface area contributed by atoms with E-state index in [2.05, 4.69) is 15.0 Å². The minimum Gasteiger partial charge on any atom is -0.481 e. The SMILES string of the molecule is O=C(NC1CCC(C(=O)O)C1)c1ccon1. The fourth-order valence-electron chi connectivity index (χ4n) is 1.93. The van der Waals surface area contributed by atoms with E-state index < -0.39 is 5.97 Å². The Hall–Kier alpha value is -1.85. The molecule has 0 spiro atoms. The lowest BCUT2D eigenvalue weighted by Crippen LogP contribution is -2.33. The largest absolute Gasteiger partial charge is 0.481 e. The average Bonchev–Trinajstić information content (AvgIpc) is 2.87. The number of rotatable bonds is 3. The van der Waals surface area contributed by atoms with Gasteiger partial charge in [-0.2, -0.15) is 0 Å². The molecule has 6 heteroatoms. The van der Waals surface area contributed by atoms with Crippen LogP contribution in [0, 0.1) is 5.92 Å². The summed E-state index contributed by atoms with van der Waals surface area (Å²) in [6.07, 6.45) is 3.11. The molecule has 1 heterocycles. The second-order valence-electron chi connectivity index (χ2n) is 3.90. The van der Waals surface area contributed by atoms with E-state index in [1.54, 1.807) is 0 Å². The summed E-state index contributed by atoms with van der Waals surface area (Å²) in [5.74, 6) is -1.45. The molecule has 0 radical (unpaired) electrons. The Morgan fingerprint density at radius 2 is 2.31 bits per heavy atom. The number of hydrogen-bond donors (Lipinski definition) is 2. The van der Waals surface area contributed by atoms with Crippen molar-refractivity contribution in [2.24, 2.45) is 5.92 Å². The summed E-state index contributed by atoms with van der Waals surface area (Å²) < 4.78 is 4.55. The monoisotopic (exact) mass is 224 g/mol. The van der Waals surface area contributed by atoms with Gasteiger partial charge in [0.2, 0.25) is 0 Å². The van der Waals surface area contributed by atoms with Crippen LogP contribution in [0.25, 0.3) is 0 Å². The number of nitrogens with one attached hydrogen (secondary N) is 1. The summed E-state index contributed by atoms with van der Waals surface area (Å²) in [5.41, 5.74) is 0.221. The Bertz CT molecular complexity index is 388. The predicted molar refractivity (Wildman–Crippen MR) is 52.7 cm³/mol. The second-order valence-corrected chi connectivity index (χ2v) is 3.90. The number of hydrogen-bond acceptors (Lipinski definition) is 4. The van der Waals surface area contributed by atoms with Gasteiger partial charge in [0.15, 0.2) is 5.69 Å². The van der Waals surface area contributed by atoms with E-state index in [0.717, 1.165) is 0 Å². The third-order valence-electron chi connectivity index (χ3n) is 2.79. The Balaban J connectivity index is 1.88. The number of amides is 1. The summed E-state index contributed by atoms with van der Waals surface area (Å²) in [6.45, 7) is 0. The van der Waals surface area contributed by atoms with E-state index in [9.17, 15) is 9.59 Å². The van der Waals surface area contributed by atoms with Gasteiger partial charge >= 0.3 is 5.97 Å². The number of aromatic nitrogens is 1. The van der Waals surface area contributed by atoms with Crippen molar-refractivity contribution in [3.63, 3.8) is 0 Å². The summed E-state index contributed by atoms with van der Waals surface area (Å²) in [6, 6.07) is 1.39. The molecule has 0 saturated heterocycles. The van der Waals surface area contributed by atoms with E-state index in [4.69, 9.17) is 5.11 Å². The van der Waals surface area contributed by atoms with Crippen molar-refractivity contribution < 1.29 is 19.2 Å². The molecular weight excluding hydrogens is 212 g/mol. The van der Waals surface area contributed by atoms with Crippen LogP contribution in [-0.4, -0.2) is 28.2 Å². The number of carboxylic acid groups (broad SMARTS) is 1. The maximum atomic E-state index is 11.6. The molecule has 2 unspecified atom stereocenters. The van der Waals surface area contributed by atoms with Crippen molar-refractivity contribution in [3.8, 4) is 0 Å². The quantitative estimate of drug-likeness (QED) is 0.786. The third kappa shape index (κ3) is 2.21. The van der Waals surface area contributed by atoms with Gasteiger partial charge in [0, 0.05) is 12.1 Å². The van der Waals surface area contributed by atoms with Crippen LogP contribution < -0.4 is 5.32 Å². The molecule has 1 aromatic rings. The van der Waals surface area contributed by atoms with Crippen LogP contribution in [0.15, 0.2) is 16.9 Å². The first-order chi connectivity index (χ1) is 7.66. The topological polar surface area (TPSA) is 92.4 Å².